The Morgan fingerprint density at radius 1 is 1.13 bits per heavy atom. The van der Waals surface area contributed by atoms with Crippen molar-refractivity contribution in [3.63, 3.8) is 0 Å². The fourth-order valence-electron chi connectivity index (χ4n) is 2.50. The molecular formula is C18H22N2O3. The number of hydrogen-bond acceptors (Lipinski definition) is 4. The Morgan fingerprint density at radius 3 is 2.26 bits per heavy atom. The minimum absolute atomic E-state index is 0.0803. The molecule has 2 rings (SSSR count). The van der Waals surface area contributed by atoms with Gasteiger partial charge in [0.25, 0.3) is 0 Å². The molecule has 5 heteroatoms. The zero-order chi connectivity index (χ0) is 16.8. The van der Waals surface area contributed by atoms with E-state index < -0.39 is 0 Å². The zero-order valence-corrected chi connectivity index (χ0v) is 13.9. The van der Waals surface area contributed by atoms with Crippen molar-refractivity contribution in [2.45, 2.75) is 19.8 Å². The van der Waals surface area contributed by atoms with Crippen molar-refractivity contribution in [2.24, 2.45) is 5.92 Å². The molecule has 1 N–H and O–H groups in total. The van der Waals surface area contributed by atoms with Crippen molar-refractivity contribution in [1.82, 2.24) is 4.98 Å². The third-order valence-corrected chi connectivity index (χ3v) is 3.61. The van der Waals surface area contributed by atoms with Gasteiger partial charge < -0.3 is 14.8 Å². The van der Waals surface area contributed by atoms with Crippen molar-refractivity contribution < 1.29 is 14.3 Å². The first kappa shape index (κ1) is 16.8. The molecule has 0 spiro atoms. The molecule has 23 heavy (non-hydrogen) atoms. The molecule has 1 atom stereocenters. The third kappa shape index (κ3) is 4.22. The predicted octanol–water partition coefficient (Wildman–Crippen LogP) is 3.48. The molecule has 0 fully saturated rings. The number of amides is 1. The summed E-state index contributed by atoms with van der Waals surface area (Å²) in [5.74, 6) is 1.04. The molecule has 1 heterocycles. The molecule has 0 aliphatic carbocycles. The monoisotopic (exact) mass is 314 g/mol. The summed E-state index contributed by atoms with van der Waals surface area (Å²) in [7, 11) is 3.15. The lowest BCUT2D eigenvalue weighted by Crippen LogP contribution is -2.25. The van der Waals surface area contributed by atoms with Gasteiger partial charge in [0.15, 0.2) is 0 Å². The van der Waals surface area contributed by atoms with E-state index in [1.807, 2.05) is 26.0 Å². The molecule has 5 nitrogen and oxygen atoms in total. The van der Waals surface area contributed by atoms with Crippen molar-refractivity contribution >= 4 is 11.6 Å². The van der Waals surface area contributed by atoms with Crippen LogP contribution in [0.15, 0.2) is 42.7 Å². The number of anilines is 1. The van der Waals surface area contributed by atoms with Crippen LogP contribution in [0.3, 0.4) is 0 Å². The highest BCUT2D eigenvalue weighted by molar-refractivity contribution is 5.96. The molecule has 1 aromatic heterocycles. The summed E-state index contributed by atoms with van der Waals surface area (Å²) >= 11 is 0. The van der Waals surface area contributed by atoms with Gasteiger partial charge in [-0.2, -0.15) is 0 Å². The number of nitrogens with zero attached hydrogens (tertiary/aromatic N) is 1. The maximum Gasteiger partial charge on any atom is 0.232 e. The Hall–Kier alpha value is -2.56. The van der Waals surface area contributed by atoms with Crippen LogP contribution >= 0.6 is 0 Å². The molecule has 0 saturated heterocycles. The van der Waals surface area contributed by atoms with E-state index in [1.165, 1.54) is 0 Å². The highest BCUT2D eigenvalue weighted by Gasteiger charge is 2.24. The number of nitrogens with one attached hydrogen (secondary N) is 1. The number of ether oxygens (including phenoxy) is 2. The fraction of sp³-hybridized carbons (Fsp3) is 0.333. The van der Waals surface area contributed by atoms with Crippen molar-refractivity contribution in [3.8, 4) is 11.5 Å². The first-order chi connectivity index (χ1) is 11.0. The molecule has 0 saturated carbocycles. The molecular weight excluding hydrogens is 292 g/mol. The van der Waals surface area contributed by atoms with E-state index in [0.717, 1.165) is 5.56 Å². The number of rotatable bonds is 6. The summed E-state index contributed by atoms with van der Waals surface area (Å²) in [6.07, 6.45) is 3.43. The quantitative estimate of drug-likeness (QED) is 0.887. The van der Waals surface area contributed by atoms with Crippen LogP contribution < -0.4 is 14.8 Å². The number of hydrogen-bond donors (Lipinski definition) is 1. The van der Waals surface area contributed by atoms with Crippen molar-refractivity contribution in [2.75, 3.05) is 19.5 Å². The van der Waals surface area contributed by atoms with Crippen LogP contribution in [0.2, 0.25) is 0 Å². The summed E-state index contributed by atoms with van der Waals surface area (Å²) in [4.78, 5) is 16.8. The molecule has 0 aliphatic heterocycles. The van der Waals surface area contributed by atoms with Gasteiger partial charge in [-0.25, -0.2) is 0 Å². The average molecular weight is 314 g/mol. The van der Waals surface area contributed by atoms with Crippen molar-refractivity contribution in [1.29, 1.82) is 0 Å². The summed E-state index contributed by atoms with van der Waals surface area (Å²) in [5, 5.41) is 2.94. The molecule has 2 aromatic rings. The minimum atomic E-state index is -0.277. The van der Waals surface area contributed by atoms with Gasteiger partial charge in [-0.15, -0.1) is 0 Å². The number of carbonyl (C=O) groups excluding carboxylic acids is 1. The van der Waals surface area contributed by atoms with Crippen LogP contribution in [0, 0.1) is 5.92 Å². The van der Waals surface area contributed by atoms with E-state index in [1.54, 1.807) is 44.8 Å². The molecule has 1 amide bonds. The van der Waals surface area contributed by atoms with Gasteiger partial charge >= 0.3 is 0 Å². The Morgan fingerprint density at radius 2 is 1.78 bits per heavy atom. The van der Waals surface area contributed by atoms with Crippen LogP contribution in [-0.2, 0) is 4.79 Å². The first-order valence-electron chi connectivity index (χ1n) is 7.49. The highest BCUT2D eigenvalue weighted by Crippen LogP contribution is 2.29. The van der Waals surface area contributed by atoms with Gasteiger partial charge in [-0.1, -0.05) is 19.9 Å². The number of carbonyl (C=O) groups is 1. The molecule has 122 valence electrons. The largest absolute Gasteiger partial charge is 0.497 e. The maximum absolute atomic E-state index is 12.7. The van der Waals surface area contributed by atoms with Crippen molar-refractivity contribution in [3.05, 3.63) is 48.3 Å². The lowest BCUT2D eigenvalue weighted by atomic mass is 9.88. The van der Waals surface area contributed by atoms with E-state index in [9.17, 15) is 4.79 Å². The van der Waals surface area contributed by atoms with Gasteiger partial charge in [0, 0.05) is 36.3 Å². The minimum Gasteiger partial charge on any atom is -0.497 e. The fourth-order valence-corrected chi connectivity index (χ4v) is 2.50. The van der Waals surface area contributed by atoms with Gasteiger partial charge in [0.2, 0.25) is 5.91 Å². The number of methoxy groups -OCH3 is 2. The molecule has 0 radical (unpaired) electrons. The van der Waals surface area contributed by atoms with Crippen LogP contribution in [0.1, 0.15) is 25.3 Å². The molecule has 1 aromatic carbocycles. The van der Waals surface area contributed by atoms with E-state index in [0.29, 0.717) is 17.2 Å². The summed E-state index contributed by atoms with van der Waals surface area (Å²) in [6, 6.07) is 9.05. The second-order valence-electron chi connectivity index (χ2n) is 5.60. The van der Waals surface area contributed by atoms with Gasteiger partial charge in [0.05, 0.1) is 20.1 Å². The Kier molecular flexibility index (Phi) is 5.57. The summed E-state index contributed by atoms with van der Waals surface area (Å²) < 4.78 is 10.5. The molecule has 0 unspecified atom stereocenters. The molecule has 0 aliphatic rings. The van der Waals surface area contributed by atoms with Crippen LogP contribution in [0.25, 0.3) is 0 Å². The number of aromatic nitrogens is 1. The highest BCUT2D eigenvalue weighted by atomic mass is 16.5. The van der Waals surface area contributed by atoms with Gasteiger partial charge in [0.1, 0.15) is 11.5 Å². The Balaban J connectivity index is 2.25. The van der Waals surface area contributed by atoms with Gasteiger partial charge in [-0.05, 0) is 17.5 Å². The summed E-state index contributed by atoms with van der Waals surface area (Å²) in [6.45, 7) is 4.03. The van der Waals surface area contributed by atoms with E-state index in [-0.39, 0.29) is 17.7 Å². The topological polar surface area (TPSA) is 60.5 Å². The second kappa shape index (κ2) is 7.63. The van der Waals surface area contributed by atoms with Crippen LogP contribution in [0.5, 0.6) is 11.5 Å². The predicted molar refractivity (Wildman–Crippen MR) is 90.0 cm³/mol. The Bertz CT molecular complexity index is 634. The zero-order valence-electron chi connectivity index (χ0n) is 13.9. The standard InChI is InChI=1S/C18H22N2O3/c1-12(2)17(13-6-5-7-19-11-13)18(21)20-14-8-15(22-3)10-16(9-14)23-4/h5-12,17H,1-4H3,(H,20,21)/t17-/m0/s1. The van der Waals surface area contributed by atoms with Gasteiger partial charge in [-0.3, -0.25) is 9.78 Å². The number of pyridine rings is 1. The van der Waals surface area contributed by atoms with E-state index in [2.05, 4.69) is 10.3 Å². The first-order valence-corrected chi connectivity index (χ1v) is 7.49. The maximum atomic E-state index is 12.7. The second-order valence-corrected chi connectivity index (χ2v) is 5.60. The van der Waals surface area contributed by atoms with Crippen LogP contribution in [-0.4, -0.2) is 25.1 Å². The lowest BCUT2D eigenvalue weighted by molar-refractivity contribution is -0.118. The Labute approximate surface area is 136 Å². The normalized spacial score (nSPS) is 11.9. The average Bonchev–Trinajstić information content (AvgIpc) is 2.55. The van der Waals surface area contributed by atoms with Crippen LogP contribution in [0.4, 0.5) is 5.69 Å². The summed E-state index contributed by atoms with van der Waals surface area (Å²) in [5.41, 5.74) is 1.54. The smallest absolute Gasteiger partial charge is 0.232 e. The lowest BCUT2D eigenvalue weighted by Gasteiger charge is -2.20. The molecule has 0 bridgehead atoms. The SMILES string of the molecule is COc1cc(NC(=O)[C@H](c2cccnc2)C(C)C)cc(OC)c1. The van der Waals surface area contributed by atoms with E-state index >= 15 is 0 Å². The third-order valence-electron chi connectivity index (χ3n) is 3.61. The van der Waals surface area contributed by atoms with E-state index in [4.69, 9.17) is 9.47 Å². The number of benzene rings is 1.